The van der Waals surface area contributed by atoms with Crippen molar-refractivity contribution in [3.8, 4) is 6.07 Å². The van der Waals surface area contributed by atoms with E-state index in [0.29, 0.717) is 10.4 Å². The summed E-state index contributed by atoms with van der Waals surface area (Å²) in [4.78, 5) is 18.0. The van der Waals surface area contributed by atoms with E-state index < -0.39 is 5.92 Å². The number of hydrogen-bond donors (Lipinski definition) is 0. The van der Waals surface area contributed by atoms with Gasteiger partial charge < -0.3 is 0 Å². The zero-order valence-electron chi connectivity index (χ0n) is 9.96. The molecule has 0 aliphatic carbocycles. The molecule has 18 heavy (non-hydrogen) atoms. The molecular formula is C14H12N2OS. The normalized spacial score (nSPS) is 11.8. The predicted molar refractivity (Wildman–Crippen MR) is 70.6 cm³/mol. The lowest BCUT2D eigenvalue weighted by Gasteiger charge is -2.06. The first-order valence-electron chi connectivity index (χ1n) is 5.68. The number of hydrogen-bond acceptors (Lipinski definition) is 4. The van der Waals surface area contributed by atoms with Gasteiger partial charge in [-0.15, -0.1) is 11.3 Å². The molecule has 0 saturated carbocycles. The van der Waals surface area contributed by atoms with E-state index in [0.717, 1.165) is 11.3 Å². The summed E-state index contributed by atoms with van der Waals surface area (Å²) >= 11 is 1.46. The van der Waals surface area contributed by atoms with Crippen LogP contribution in [0.15, 0.2) is 36.7 Å². The van der Waals surface area contributed by atoms with Crippen molar-refractivity contribution in [2.45, 2.75) is 19.3 Å². The zero-order chi connectivity index (χ0) is 13.0. The van der Waals surface area contributed by atoms with Gasteiger partial charge in [-0.25, -0.2) is 0 Å². The molecule has 0 aromatic carbocycles. The summed E-state index contributed by atoms with van der Waals surface area (Å²) in [6, 6.07) is 9.24. The van der Waals surface area contributed by atoms with Crippen molar-refractivity contribution in [3.63, 3.8) is 0 Å². The Balaban J connectivity index is 2.29. The number of aromatic nitrogens is 1. The van der Waals surface area contributed by atoms with Crippen LogP contribution in [0.1, 0.15) is 33.0 Å². The zero-order valence-corrected chi connectivity index (χ0v) is 10.8. The van der Waals surface area contributed by atoms with Crippen molar-refractivity contribution in [2.24, 2.45) is 0 Å². The molecule has 90 valence electrons. The van der Waals surface area contributed by atoms with Gasteiger partial charge >= 0.3 is 0 Å². The van der Waals surface area contributed by atoms with Crippen molar-refractivity contribution >= 4 is 17.1 Å². The molecule has 2 aromatic rings. The Morgan fingerprint density at radius 1 is 1.39 bits per heavy atom. The highest BCUT2D eigenvalue weighted by Crippen LogP contribution is 2.25. The van der Waals surface area contributed by atoms with Crippen LogP contribution in [0.5, 0.6) is 0 Å². The van der Waals surface area contributed by atoms with E-state index >= 15 is 0 Å². The smallest absolute Gasteiger partial charge is 0.194 e. The first kappa shape index (κ1) is 12.5. The Labute approximate surface area is 110 Å². The Morgan fingerprint density at radius 3 is 2.67 bits per heavy atom. The molecule has 4 heteroatoms. The van der Waals surface area contributed by atoms with E-state index in [-0.39, 0.29) is 5.78 Å². The second kappa shape index (κ2) is 5.56. The van der Waals surface area contributed by atoms with Crippen molar-refractivity contribution < 1.29 is 4.79 Å². The summed E-state index contributed by atoms with van der Waals surface area (Å²) in [5.74, 6) is -0.871. The maximum absolute atomic E-state index is 12.3. The minimum absolute atomic E-state index is 0.131. The van der Waals surface area contributed by atoms with Crippen LogP contribution in [0.2, 0.25) is 0 Å². The maximum Gasteiger partial charge on any atom is 0.194 e. The number of Topliss-reactive ketones (excluding diaryl/α,β-unsaturated/α-hetero) is 1. The van der Waals surface area contributed by atoms with Crippen molar-refractivity contribution in [3.05, 3.63) is 52.0 Å². The van der Waals surface area contributed by atoms with Crippen LogP contribution in [0, 0.1) is 11.3 Å². The number of pyridine rings is 1. The van der Waals surface area contributed by atoms with Crippen molar-refractivity contribution in [2.75, 3.05) is 0 Å². The number of carbonyl (C=O) groups is 1. The fraction of sp³-hybridized carbons (Fsp3) is 0.214. The van der Waals surface area contributed by atoms with Gasteiger partial charge in [-0.1, -0.05) is 6.92 Å². The molecule has 0 amide bonds. The number of carbonyl (C=O) groups excluding carboxylic acids is 1. The molecule has 0 saturated heterocycles. The summed E-state index contributed by atoms with van der Waals surface area (Å²) in [5.41, 5.74) is 0.698. The van der Waals surface area contributed by atoms with E-state index in [2.05, 4.69) is 11.1 Å². The monoisotopic (exact) mass is 256 g/mol. The average Bonchev–Trinajstić information content (AvgIpc) is 2.89. The van der Waals surface area contributed by atoms with Crippen LogP contribution in [0.4, 0.5) is 0 Å². The number of aryl methyl sites for hydroxylation is 1. The molecule has 0 N–H and O–H groups in total. The molecular weight excluding hydrogens is 244 g/mol. The van der Waals surface area contributed by atoms with Crippen LogP contribution >= 0.6 is 11.3 Å². The second-order valence-electron chi connectivity index (χ2n) is 3.83. The van der Waals surface area contributed by atoms with E-state index in [4.69, 9.17) is 0 Å². The summed E-state index contributed by atoms with van der Waals surface area (Å²) in [6.07, 6.45) is 4.10. The number of rotatable bonds is 4. The van der Waals surface area contributed by atoms with E-state index in [1.54, 1.807) is 30.6 Å². The molecule has 1 atom stereocenters. The Morgan fingerprint density at radius 2 is 2.11 bits per heavy atom. The molecule has 0 radical (unpaired) electrons. The predicted octanol–water partition coefficient (Wildman–Crippen LogP) is 3.20. The van der Waals surface area contributed by atoms with Gasteiger partial charge in [0.1, 0.15) is 5.92 Å². The van der Waals surface area contributed by atoms with E-state index in [1.165, 1.54) is 11.3 Å². The fourth-order valence-electron chi connectivity index (χ4n) is 1.68. The van der Waals surface area contributed by atoms with Gasteiger partial charge in [0.2, 0.25) is 0 Å². The molecule has 0 aliphatic rings. The van der Waals surface area contributed by atoms with Gasteiger partial charge in [-0.2, -0.15) is 5.26 Å². The van der Waals surface area contributed by atoms with Crippen LogP contribution in [0.25, 0.3) is 0 Å². The highest BCUT2D eigenvalue weighted by Gasteiger charge is 2.22. The van der Waals surface area contributed by atoms with E-state index in [1.807, 2.05) is 13.0 Å². The van der Waals surface area contributed by atoms with Gasteiger partial charge in [-0.05, 0) is 36.2 Å². The lowest BCUT2D eigenvalue weighted by Crippen LogP contribution is -2.09. The number of ketones is 1. The minimum atomic E-state index is -0.739. The fourth-order valence-corrected chi connectivity index (χ4v) is 2.60. The third-order valence-corrected chi connectivity index (χ3v) is 3.93. The maximum atomic E-state index is 12.3. The molecule has 3 nitrogen and oxygen atoms in total. The Hall–Kier alpha value is -1.99. The first-order chi connectivity index (χ1) is 8.76. The summed E-state index contributed by atoms with van der Waals surface area (Å²) in [6.45, 7) is 2.05. The Kier molecular flexibility index (Phi) is 3.85. The van der Waals surface area contributed by atoms with Crippen LogP contribution in [-0.4, -0.2) is 10.8 Å². The third-order valence-electron chi connectivity index (χ3n) is 2.68. The molecule has 1 unspecified atom stereocenters. The van der Waals surface area contributed by atoms with Crippen LogP contribution in [-0.2, 0) is 6.42 Å². The molecule has 0 fully saturated rings. The molecule has 0 spiro atoms. The number of thiophene rings is 1. The average molecular weight is 256 g/mol. The third kappa shape index (κ3) is 2.47. The van der Waals surface area contributed by atoms with Gasteiger partial charge in [-0.3, -0.25) is 9.78 Å². The standard InChI is InChI=1S/C14H12N2OS/c1-2-11-3-4-13(18-11)14(17)12(9-15)10-5-7-16-8-6-10/h3-8,12H,2H2,1H3. The van der Waals surface area contributed by atoms with Gasteiger partial charge in [0.15, 0.2) is 5.78 Å². The first-order valence-corrected chi connectivity index (χ1v) is 6.50. The number of nitriles is 1. The van der Waals surface area contributed by atoms with Crippen molar-refractivity contribution in [1.29, 1.82) is 5.26 Å². The van der Waals surface area contributed by atoms with E-state index in [9.17, 15) is 10.1 Å². The topological polar surface area (TPSA) is 53.8 Å². The molecule has 2 heterocycles. The molecule has 2 aromatic heterocycles. The van der Waals surface area contributed by atoms with Crippen LogP contribution < -0.4 is 0 Å². The Bertz CT molecular complexity index is 583. The van der Waals surface area contributed by atoms with Crippen molar-refractivity contribution in [1.82, 2.24) is 4.98 Å². The lowest BCUT2D eigenvalue weighted by atomic mass is 9.96. The molecule has 2 rings (SSSR count). The summed E-state index contributed by atoms with van der Waals surface area (Å²) < 4.78 is 0. The number of nitrogens with zero attached hydrogens (tertiary/aromatic N) is 2. The largest absolute Gasteiger partial charge is 0.291 e. The molecule has 0 bridgehead atoms. The lowest BCUT2D eigenvalue weighted by molar-refractivity contribution is 0.0983. The quantitative estimate of drug-likeness (QED) is 0.789. The summed E-state index contributed by atoms with van der Waals surface area (Å²) in [7, 11) is 0. The van der Waals surface area contributed by atoms with Gasteiger partial charge in [0.25, 0.3) is 0 Å². The van der Waals surface area contributed by atoms with Gasteiger partial charge in [0, 0.05) is 17.3 Å². The minimum Gasteiger partial charge on any atom is -0.291 e. The second-order valence-corrected chi connectivity index (χ2v) is 4.99. The highest BCUT2D eigenvalue weighted by molar-refractivity contribution is 7.14. The highest BCUT2D eigenvalue weighted by atomic mass is 32.1. The van der Waals surface area contributed by atoms with Gasteiger partial charge in [0.05, 0.1) is 10.9 Å². The van der Waals surface area contributed by atoms with Crippen LogP contribution in [0.3, 0.4) is 0 Å². The summed E-state index contributed by atoms with van der Waals surface area (Å²) in [5, 5.41) is 9.19. The SMILES string of the molecule is CCc1ccc(C(=O)C(C#N)c2ccncc2)s1. The molecule has 0 aliphatic heterocycles.